The maximum atomic E-state index is 11.4. The molecule has 0 radical (unpaired) electrons. The van der Waals surface area contributed by atoms with Crippen LogP contribution in [-0.2, 0) is 9.59 Å². The molecule has 23 heavy (non-hydrogen) atoms. The molecule has 0 spiro atoms. The van der Waals surface area contributed by atoms with Crippen molar-refractivity contribution in [2.24, 2.45) is 17.8 Å². The van der Waals surface area contributed by atoms with Gasteiger partial charge in [0.25, 0.3) is 0 Å². The van der Waals surface area contributed by atoms with Crippen LogP contribution in [0.4, 0.5) is 0 Å². The van der Waals surface area contributed by atoms with Crippen molar-refractivity contribution in [3.8, 4) is 0 Å². The van der Waals surface area contributed by atoms with E-state index in [1.54, 1.807) is 0 Å². The molecule has 3 atom stereocenters. The Morgan fingerprint density at radius 2 is 1.39 bits per heavy atom. The van der Waals surface area contributed by atoms with Crippen molar-refractivity contribution in [2.75, 3.05) is 0 Å². The third-order valence-corrected chi connectivity index (χ3v) is 4.23. The zero-order chi connectivity index (χ0) is 17.8. The lowest BCUT2D eigenvalue weighted by molar-refractivity contribution is -0.111. The summed E-state index contributed by atoms with van der Waals surface area (Å²) < 4.78 is 0. The first-order valence-electron chi connectivity index (χ1n) is 8.70. The van der Waals surface area contributed by atoms with Gasteiger partial charge in [-0.25, -0.2) is 0 Å². The second-order valence-electron chi connectivity index (χ2n) is 7.09. The van der Waals surface area contributed by atoms with Crippen LogP contribution in [0.2, 0.25) is 0 Å². The summed E-state index contributed by atoms with van der Waals surface area (Å²) in [4.78, 5) is 22.8. The largest absolute Gasteiger partial charge is 0.303 e. The average molecular weight is 319 g/mol. The molecule has 0 aliphatic heterocycles. The van der Waals surface area contributed by atoms with Crippen molar-refractivity contribution in [1.82, 2.24) is 0 Å². The summed E-state index contributed by atoms with van der Waals surface area (Å²) in [5, 5.41) is 0. The normalized spacial score (nSPS) is 15.3. The molecule has 0 bridgehead atoms. The van der Waals surface area contributed by atoms with Gasteiger partial charge >= 0.3 is 0 Å². The van der Waals surface area contributed by atoms with Crippen LogP contribution in [-0.4, -0.2) is 12.6 Å². The van der Waals surface area contributed by atoms with E-state index in [0.717, 1.165) is 43.8 Å². The fourth-order valence-corrected chi connectivity index (χ4v) is 2.50. The molecule has 0 heterocycles. The molecule has 0 aromatic heterocycles. The van der Waals surface area contributed by atoms with E-state index in [2.05, 4.69) is 53.7 Å². The molecular formula is C21H34O2. The number of hydrogen-bond acceptors (Lipinski definition) is 2. The van der Waals surface area contributed by atoms with E-state index in [-0.39, 0.29) is 17.8 Å². The van der Waals surface area contributed by atoms with Crippen molar-refractivity contribution in [3.63, 3.8) is 0 Å². The molecule has 0 aromatic rings. The Balaban J connectivity index is 4.80. The second kappa shape index (κ2) is 12.0. The van der Waals surface area contributed by atoms with Crippen LogP contribution in [0.25, 0.3) is 0 Å². The van der Waals surface area contributed by atoms with Gasteiger partial charge in [-0.3, -0.25) is 4.79 Å². The lowest BCUT2D eigenvalue weighted by atomic mass is 9.86. The molecule has 2 nitrogen and oxygen atoms in total. The molecule has 0 saturated carbocycles. The summed E-state index contributed by atoms with van der Waals surface area (Å²) >= 11 is 0. The van der Waals surface area contributed by atoms with Gasteiger partial charge in [0, 0.05) is 5.92 Å². The van der Waals surface area contributed by atoms with E-state index in [4.69, 9.17) is 0 Å². The first-order chi connectivity index (χ1) is 10.8. The zero-order valence-electron chi connectivity index (χ0n) is 15.8. The topological polar surface area (TPSA) is 34.1 Å². The Morgan fingerprint density at radius 1 is 0.870 bits per heavy atom. The smallest absolute Gasteiger partial charge is 0.145 e. The molecule has 0 saturated heterocycles. The monoisotopic (exact) mass is 318 g/mol. The van der Waals surface area contributed by atoms with Crippen molar-refractivity contribution < 1.29 is 9.59 Å². The summed E-state index contributed by atoms with van der Waals surface area (Å²) in [6.45, 7) is 12.5. The zero-order valence-corrected chi connectivity index (χ0v) is 15.8. The Hall–Kier alpha value is -1.44. The maximum Gasteiger partial charge on any atom is 0.145 e. The van der Waals surface area contributed by atoms with Crippen LogP contribution in [0.5, 0.6) is 0 Å². The van der Waals surface area contributed by atoms with Crippen LogP contribution in [0.1, 0.15) is 67.2 Å². The molecule has 0 aromatic carbocycles. The number of aldehydes is 2. The minimum atomic E-state index is -0.174. The molecule has 2 heteroatoms. The van der Waals surface area contributed by atoms with E-state index >= 15 is 0 Å². The van der Waals surface area contributed by atoms with Gasteiger partial charge < -0.3 is 4.79 Å². The highest BCUT2D eigenvalue weighted by molar-refractivity contribution is 5.75. The number of carbonyl (C=O) groups is 2. The average Bonchev–Trinajstić information content (AvgIpc) is 2.47. The van der Waals surface area contributed by atoms with Crippen LogP contribution < -0.4 is 0 Å². The Morgan fingerprint density at radius 3 is 1.83 bits per heavy atom. The fourth-order valence-electron chi connectivity index (χ4n) is 2.50. The molecule has 0 aliphatic rings. The summed E-state index contributed by atoms with van der Waals surface area (Å²) in [5.74, 6) is 0.269. The first kappa shape index (κ1) is 21.6. The van der Waals surface area contributed by atoms with Gasteiger partial charge in [0.1, 0.15) is 12.6 Å². The molecule has 0 amide bonds. The second-order valence-corrected chi connectivity index (χ2v) is 7.09. The van der Waals surface area contributed by atoms with E-state index in [0.29, 0.717) is 0 Å². The quantitative estimate of drug-likeness (QED) is 0.278. The van der Waals surface area contributed by atoms with E-state index in [9.17, 15) is 9.59 Å². The molecular weight excluding hydrogens is 284 g/mol. The summed E-state index contributed by atoms with van der Waals surface area (Å²) in [6, 6.07) is 0. The lowest BCUT2D eigenvalue weighted by Crippen LogP contribution is -2.13. The van der Waals surface area contributed by atoms with Gasteiger partial charge in [0.05, 0.1) is 0 Å². The van der Waals surface area contributed by atoms with E-state index in [1.807, 2.05) is 6.08 Å². The standard InChI is InChI=1S/C21H34O2/c1-16(2)9-7-11-18(5)20(14-22)13-21(15-23)19(6)12-8-10-17(3)4/h9-10,13-15,18-20H,7-8,11-12H2,1-6H3. The molecule has 0 N–H and O–H groups in total. The number of hydrogen-bond donors (Lipinski definition) is 0. The molecule has 0 aliphatic carbocycles. The molecule has 0 fully saturated rings. The number of rotatable bonds is 11. The highest BCUT2D eigenvalue weighted by Crippen LogP contribution is 2.23. The van der Waals surface area contributed by atoms with Gasteiger partial charge in [0.2, 0.25) is 0 Å². The molecule has 0 rings (SSSR count). The third-order valence-electron chi connectivity index (χ3n) is 4.23. The van der Waals surface area contributed by atoms with E-state index in [1.165, 1.54) is 11.1 Å². The Labute approximate surface area is 142 Å². The Kier molecular flexibility index (Phi) is 11.3. The van der Waals surface area contributed by atoms with Gasteiger partial charge in [-0.2, -0.15) is 0 Å². The third kappa shape index (κ3) is 10.0. The van der Waals surface area contributed by atoms with Crippen molar-refractivity contribution in [2.45, 2.75) is 67.2 Å². The van der Waals surface area contributed by atoms with Crippen molar-refractivity contribution >= 4 is 12.6 Å². The number of carbonyl (C=O) groups excluding carboxylic acids is 2. The van der Waals surface area contributed by atoms with Crippen molar-refractivity contribution in [3.05, 3.63) is 34.9 Å². The van der Waals surface area contributed by atoms with Gasteiger partial charge in [-0.05, 0) is 70.8 Å². The highest BCUT2D eigenvalue weighted by Gasteiger charge is 2.17. The van der Waals surface area contributed by atoms with Crippen molar-refractivity contribution in [1.29, 1.82) is 0 Å². The summed E-state index contributed by atoms with van der Waals surface area (Å²) in [5.41, 5.74) is 3.36. The Bertz CT molecular complexity index is 446. The SMILES string of the molecule is CC(C)=CCCC(C)C(C=O)=CC(C=O)C(C)CCC=C(C)C. The maximum absolute atomic E-state index is 11.4. The van der Waals surface area contributed by atoms with Gasteiger partial charge in [0.15, 0.2) is 0 Å². The minimum absolute atomic E-state index is 0.174. The summed E-state index contributed by atoms with van der Waals surface area (Å²) in [6.07, 6.45) is 12.0. The predicted molar refractivity (Wildman–Crippen MR) is 99.4 cm³/mol. The number of allylic oxidation sites excluding steroid dienone is 6. The summed E-state index contributed by atoms with van der Waals surface area (Å²) in [7, 11) is 0. The van der Waals surface area contributed by atoms with E-state index < -0.39 is 0 Å². The van der Waals surface area contributed by atoms with Crippen LogP contribution >= 0.6 is 0 Å². The predicted octanol–water partition coefficient (Wildman–Crippen LogP) is 5.69. The first-order valence-corrected chi connectivity index (χ1v) is 8.70. The highest BCUT2D eigenvalue weighted by atomic mass is 16.1. The van der Waals surface area contributed by atoms with Gasteiger partial charge in [-0.1, -0.05) is 43.2 Å². The van der Waals surface area contributed by atoms with Gasteiger partial charge in [-0.15, -0.1) is 0 Å². The molecule has 3 unspecified atom stereocenters. The van der Waals surface area contributed by atoms with Crippen LogP contribution in [0, 0.1) is 17.8 Å². The van der Waals surface area contributed by atoms with Crippen LogP contribution in [0.3, 0.4) is 0 Å². The molecule has 130 valence electrons. The fraction of sp³-hybridized carbons (Fsp3) is 0.619. The van der Waals surface area contributed by atoms with Crippen LogP contribution in [0.15, 0.2) is 34.9 Å². The lowest BCUT2D eigenvalue weighted by Gasteiger charge is -2.18. The minimum Gasteiger partial charge on any atom is -0.303 e.